The maximum Gasteiger partial charge on any atom is 0.191 e. The molecule has 6 nitrogen and oxygen atoms in total. The Morgan fingerprint density at radius 1 is 1.03 bits per heavy atom. The van der Waals surface area contributed by atoms with Crippen LogP contribution in [-0.4, -0.2) is 40.3 Å². The highest BCUT2D eigenvalue weighted by Gasteiger charge is 2.12. The Labute approximate surface area is 210 Å². The quantitative estimate of drug-likeness (QED) is 0.178. The second kappa shape index (κ2) is 14.4. The fourth-order valence-corrected chi connectivity index (χ4v) is 4.43. The second-order valence-corrected chi connectivity index (χ2v) is 10.3. The van der Waals surface area contributed by atoms with Crippen LogP contribution in [0.4, 0.5) is 0 Å². The summed E-state index contributed by atoms with van der Waals surface area (Å²) >= 11 is 0. The maximum atomic E-state index is 12.3. The van der Waals surface area contributed by atoms with Crippen LogP contribution in [0.3, 0.4) is 0 Å². The molecule has 0 aliphatic heterocycles. The monoisotopic (exact) mass is 573 g/mol. The van der Waals surface area contributed by atoms with E-state index in [-0.39, 0.29) is 41.5 Å². The lowest BCUT2D eigenvalue weighted by molar-refractivity contribution is 0.271. The van der Waals surface area contributed by atoms with Crippen molar-refractivity contribution in [2.24, 2.45) is 10.9 Å². The smallest absolute Gasteiger partial charge is 0.191 e. The number of aliphatic imine (C=N–C) groups is 1. The lowest BCUT2D eigenvalue weighted by atomic mass is 10.1. The molecule has 0 amide bonds. The van der Waals surface area contributed by atoms with Gasteiger partial charge in [0, 0.05) is 13.6 Å². The number of rotatable bonds is 11. The van der Waals surface area contributed by atoms with E-state index in [2.05, 4.69) is 36.4 Å². The first-order chi connectivity index (χ1) is 14.8. The molecule has 0 heterocycles. The lowest BCUT2D eigenvalue weighted by Crippen LogP contribution is -2.39. The highest BCUT2D eigenvalue weighted by Crippen LogP contribution is 2.18. The van der Waals surface area contributed by atoms with Crippen molar-refractivity contribution in [3.63, 3.8) is 0 Å². The average molecular weight is 574 g/mol. The van der Waals surface area contributed by atoms with Crippen molar-refractivity contribution in [3.05, 3.63) is 65.7 Å². The predicted octanol–water partition coefficient (Wildman–Crippen LogP) is 4.57. The Hall–Kier alpha value is -1.81. The zero-order valence-electron chi connectivity index (χ0n) is 19.4. The van der Waals surface area contributed by atoms with Gasteiger partial charge in [-0.05, 0) is 42.5 Å². The molecule has 2 aromatic rings. The SMILES string of the molecule is CN=C(NCCCS(=O)(=O)Cc1ccccc1)NC(C)c1ccc(OCC(C)C)cc1.I. The van der Waals surface area contributed by atoms with Crippen LogP contribution < -0.4 is 15.4 Å². The number of sulfone groups is 1. The van der Waals surface area contributed by atoms with E-state index >= 15 is 0 Å². The van der Waals surface area contributed by atoms with Crippen LogP contribution in [0.5, 0.6) is 5.75 Å². The summed E-state index contributed by atoms with van der Waals surface area (Å²) in [6, 6.07) is 17.4. The molecule has 32 heavy (non-hydrogen) atoms. The van der Waals surface area contributed by atoms with Crippen molar-refractivity contribution < 1.29 is 13.2 Å². The molecule has 0 saturated heterocycles. The first-order valence-electron chi connectivity index (χ1n) is 10.7. The zero-order chi connectivity index (χ0) is 22.7. The van der Waals surface area contributed by atoms with Crippen molar-refractivity contribution in [1.29, 1.82) is 0 Å². The molecule has 0 aliphatic rings. The molecule has 1 atom stereocenters. The van der Waals surface area contributed by atoms with Gasteiger partial charge in [0.15, 0.2) is 15.8 Å². The number of guanidine groups is 1. The molecule has 0 aromatic heterocycles. The van der Waals surface area contributed by atoms with Crippen LogP contribution >= 0.6 is 24.0 Å². The van der Waals surface area contributed by atoms with E-state index in [0.29, 0.717) is 31.4 Å². The standard InChI is InChI=1S/C24H35N3O3S.HI/c1-19(2)17-30-23-13-11-22(12-14-23)20(3)27-24(25-4)26-15-8-16-31(28,29)18-21-9-6-5-7-10-21;/h5-7,9-14,19-20H,8,15-18H2,1-4H3,(H2,25,26,27);1H. The molecule has 178 valence electrons. The lowest BCUT2D eigenvalue weighted by Gasteiger charge is -2.19. The number of halogens is 1. The molecule has 1 unspecified atom stereocenters. The number of benzene rings is 2. The van der Waals surface area contributed by atoms with Gasteiger partial charge in [-0.25, -0.2) is 8.42 Å². The van der Waals surface area contributed by atoms with Crippen molar-refractivity contribution in [2.45, 2.75) is 39.0 Å². The van der Waals surface area contributed by atoms with Crippen LogP contribution in [0, 0.1) is 5.92 Å². The summed E-state index contributed by atoms with van der Waals surface area (Å²) in [6.45, 7) is 7.53. The molecular weight excluding hydrogens is 537 g/mol. The van der Waals surface area contributed by atoms with E-state index < -0.39 is 9.84 Å². The molecule has 2 rings (SSSR count). The highest BCUT2D eigenvalue weighted by molar-refractivity contribution is 14.0. The summed E-state index contributed by atoms with van der Waals surface area (Å²) in [4.78, 5) is 4.24. The van der Waals surface area contributed by atoms with Crippen LogP contribution in [0.15, 0.2) is 59.6 Å². The summed E-state index contributed by atoms with van der Waals surface area (Å²) < 4.78 is 30.3. The van der Waals surface area contributed by atoms with Gasteiger partial charge in [-0.3, -0.25) is 4.99 Å². The summed E-state index contributed by atoms with van der Waals surface area (Å²) in [5, 5.41) is 6.54. The fraction of sp³-hybridized carbons (Fsp3) is 0.458. The molecule has 0 aliphatic carbocycles. The molecule has 0 saturated carbocycles. The van der Waals surface area contributed by atoms with Gasteiger partial charge >= 0.3 is 0 Å². The molecule has 0 radical (unpaired) electrons. The van der Waals surface area contributed by atoms with Crippen LogP contribution in [-0.2, 0) is 15.6 Å². The minimum absolute atomic E-state index is 0. The van der Waals surface area contributed by atoms with Gasteiger partial charge in [0.25, 0.3) is 0 Å². The molecule has 8 heteroatoms. The van der Waals surface area contributed by atoms with Gasteiger partial charge in [0.05, 0.1) is 24.2 Å². The maximum absolute atomic E-state index is 12.3. The normalized spacial score (nSPS) is 12.7. The van der Waals surface area contributed by atoms with Crippen molar-refractivity contribution >= 4 is 39.8 Å². The third-order valence-corrected chi connectivity index (χ3v) is 6.38. The van der Waals surface area contributed by atoms with E-state index in [1.807, 2.05) is 54.6 Å². The largest absolute Gasteiger partial charge is 0.493 e. The average Bonchev–Trinajstić information content (AvgIpc) is 2.75. The van der Waals surface area contributed by atoms with E-state index in [0.717, 1.165) is 16.9 Å². The number of hydrogen-bond donors (Lipinski definition) is 2. The van der Waals surface area contributed by atoms with Gasteiger partial charge in [-0.2, -0.15) is 0 Å². The zero-order valence-corrected chi connectivity index (χ0v) is 22.5. The number of nitrogens with one attached hydrogen (secondary N) is 2. The molecule has 0 fully saturated rings. The van der Waals surface area contributed by atoms with Gasteiger partial charge in [-0.1, -0.05) is 56.3 Å². The van der Waals surface area contributed by atoms with E-state index in [9.17, 15) is 8.42 Å². The van der Waals surface area contributed by atoms with E-state index in [1.54, 1.807) is 7.05 Å². The summed E-state index contributed by atoms with van der Waals surface area (Å²) in [7, 11) is -1.43. The number of nitrogens with zero attached hydrogens (tertiary/aromatic N) is 1. The van der Waals surface area contributed by atoms with Crippen molar-refractivity contribution in [2.75, 3.05) is 26.0 Å². The first-order valence-corrected chi connectivity index (χ1v) is 12.6. The third kappa shape index (κ3) is 10.7. The predicted molar refractivity (Wildman–Crippen MR) is 144 cm³/mol. The Kier molecular flexibility index (Phi) is 12.7. The molecule has 2 aromatic carbocycles. The molecule has 0 spiro atoms. The third-order valence-electron chi connectivity index (χ3n) is 4.69. The Morgan fingerprint density at radius 2 is 1.69 bits per heavy atom. The Morgan fingerprint density at radius 3 is 2.28 bits per heavy atom. The van der Waals surface area contributed by atoms with Gasteiger partial charge < -0.3 is 15.4 Å². The summed E-state index contributed by atoms with van der Waals surface area (Å²) in [5.41, 5.74) is 1.94. The van der Waals surface area contributed by atoms with Crippen LogP contribution in [0.1, 0.15) is 44.4 Å². The molecule has 0 bridgehead atoms. The van der Waals surface area contributed by atoms with Gasteiger partial charge in [0.2, 0.25) is 0 Å². The molecule has 2 N–H and O–H groups in total. The second-order valence-electron chi connectivity index (χ2n) is 8.07. The summed E-state index contributed by atoms with van der Waals surface area (Å²) in [6.07, 6.45) is 0.520. The first kappa shape index (κ1) is 28.2. The highest BCUT2D eigenvalue weighted by atomic mass is 127. The number of hydrogen-bond acceptors (Lipinski definition) is 4. The van der Waals surface area contributed by atoms with Gasteiger partial charge in [0.1, 0.15) is 5.75 Å². The fourth-order valence-electron chi connectivity index (χ4n) is 3.00. The summed E-state index contributed by atoms with van der Waals surface area (Å²) in [5.74, 6) is 2.22. The topological polar surface area (TPSA) is 79.8 Å². The molecular formula is C24H36IN3O3S. The Bertz CT molecular complexity index is 917. The van der Waals surface area contributed by atoms with Crippen molar-refractivity contribution in [1.82, 2.24) is 10.6 Å². The Balaban J connectivity index is 0.00000512. The van der Waals surface area contributed by atoms with Crippen LogP contribution in [0.25, 0.3) is 0 Å². The number of ether oxygens (including phenoxy) is 1. The van der Waals surface area contributed by atoms with E-state index in [1.165, 1.54) is 0 Å². The van der Waals surface area contributed by atoms with Crippen molar-refractivity contribution in [3.8, 4) is 5.75 Å². The van der Waals surface area contributed by atoms with Crippen LogP contribution in [0.2, 0.25) is 0 Å². The minimum Gasteiger partial charge on any atom is -0.493 e. The van der Waals surface area contributed by atoms with E-state index in [4.69, 9.17) is 4.74 Å². The minimum atomic E-state index is -3.13. The van der Waals surface area contributed by atoms with Gasteiger partial charge in [-0.15, -0.1) is 24.0 Å².